The molecule has 0 radical (unpaired) electrons. The summed E-state index contributed by atoms with van der Waals surface area (Å²) in [5.41, 5.74) is 4.76. The Kier molecular flexibility index (Phi) is 6.43. The van der Waals surface area contributed by atoms with Gasteiger partial charge in [-0.15, -0.1) is 0 Å². The quantitative estimate of drug-likeness (QED) is 0.658. The van der Waals surface area contributed by atoms with Crippen LogP contribution in [0.25, 0.3) is 0 Å². The third-order valence-corrected chi connectivity index (χ3v) is 6.30. The standard InChI is InChI=1S/C24H31N3O3/c1-29-22-8-4-3-7-21(22)26-16-14-25(15-17-26)13-11-19-9-10-23(30-2)24-20(19)6-5-12-27(24)18-28/h3-4,7-10,18H,5-6,11-17H2,1-2H3. The molecule has 1 saturated heterocycles. The molecular formula is C24H31N3O3. The van der Waals surface area contributed by atoms with Crippen LogP contribution in [-0.2, 0) is 17.6 Å². The zero-order valence-corrected chi connectivity index (χ0v) is 18.0. The van der Waals surface area contributed by atoms with Crippen LogP contribution in [0.15, 0.2) is 36.4 Å². The molecule has 0 saturated carbocycles. The smallest absolute Gasteiger partial charge is 0.214 e. The van der Waals surface area contributed by atoms with Crippen molar-refractivity contribution < 1.29 is 14.3 Å². The Balaban J connectivity index is 1.40. The van der Waals surface area contributed by atoms with Gasteiger partial charge in [-0.2, -0.15) is 0 Å². The second-order valence-corrected chi connectivity index (χ2v) is 7.91. The first kappa shape index (κ1) is 20.5. The molecular weight excluding hydrogens is 378 g/mol. The molecule has 4 rings (SSSR count). The highest BCUT2D eigenvalue weighted by atomic mass is 16.5. The zero-order chi connectivity index (χ0) is 20.9. The SMILES string of the molecule is COc1ccccc1N1CCN(CCc2ccc(OC)c3c2CCCN3C=O)CC1. The van der Waals surface area contributed by atoms with Crippen LogP contribution in [0.1, 0.15) is 17.5 Å². The molecule has 2 heterocycles. The second-order valence-electron chi connectivity index (χ2n) is 7.91. The van der Waals surface area contributed by atoms with Crippen molar-refractivity contribution in [1.29, 1.82) is 0 Å². The third-order valence-electron chi connectivity index (χ3n) is 6.30. The lowest BCUT2D eigenvalue weighted by Gasteiger charge is -2.37. The number of rotatable bonds is 7. The zero-order valence-electron chi connectivity index (χ0n) is 18.0. The van der Waals surface area contributed by atoms with Gasteiger partial charge in [-0.3, -0.25) is 9.69 Å². The van der Waals surface area contributed by atoms with Crippen molar-refractivity contribution in [2.45, 2.75) is 19.3 Å². The summed E-state index contributed by atoms with van der Waals surface area (Å²) in [6.07, 6.45) is 3.94. The molecule has 1 fully saturated rings. The molecule has 0 unspecified atom stereocenters. The summed E-state index contributed by atoms with van der Waals surface area (Å²) in [4.78, 5) is 18.3. The topological polar surface area (TPSA) is 45.2 Å². The van der Waals surface area contributed by atoms with Gasteiger partial charge in [0.15, 0.2) is 0 Å². The number of para-hydroxylation sites is 2. The van der Waals surface area contributed by atoms with Crippen LogP contribution < -0.4 is 19.3 Å². The first-order chi connectivity index (χ1) is 14.7. The van der Waals surface area contributed by atoms with Crippen molar-refractivity contribution in [2.75, 3.05) is 63.3 Å². The summed E-state index contributed by atoms with van der Waals surface area (Å²) in [5.74, 6) is 1.74. The van der Waals surface area contributed by atoms with Crippen LogP contribution in [0.4, 0.5) is 11.4 Å². The first-order valence-corrected chi connectivity index (χ1v) is 10.8. The predicted molar refractivity (Wildman–Crippen MR) is 120 cm³/mol. The summed E-state index contributed by atoms with van der Waals surface area (Å²) in [6, 6.07) is 12.4. The van der Waals surface area contributed by atoms with Crippen molar-refractivity contribution in [3.63, 3.8) is 0 Å². The van der Waals surface area contributed by atoms with Crippen LogP contribution >= 0.6 is 0 Å². The average molecular weight is 410 g/mol. The minimum absolute atomic E-state index is 0.765. The Morgan fingerprint density at radius 1 is 0.933 bits per heavy atom. The number of carbonyl (C=O) groups is 1. The molecule has 2 aliphatic heterocycles. The van der Waals surface area contributed by atoms with Gasteiger partial charge in [-0.05, 0) is 48.6 Å². The normalized spacial score (nSPS) is 16.9. The maximum absolute atomic E-state index is 11.5. The molecule has 2 aromatic rings. The van der Waals surface area contributed by atoms with E-state index in [1.165, 1.54) is 16.8 Å². The monoisotopic (exact) mass is 409 g/mol. The van der Waals surface area contributed by atoms with Gasteiger partial charge >= 0.3 is 0 Å². The second kappa shape index (κ2) is 9.39. The fourth-order valence-electron chi connectivity index (χ4n) is 4.67. The van der Waals surface area contributed by atoms with Gasteiger partial charge in [0.05, 0.1) is 25.6 Å². The number of hydrogen-bond donors (Lipinski definition) is 0. The van der Waals surface area contributed by atoms with Crippen LogP contribution in [0.3, 0.4) is 0 Å². The number of nitrogens with zero attached hydrogens (tertiary/aromatic N) is 3. The number of carbonyl (C=O) groups excluding carboxylic acids is 1. The Hall–Kier alpha value is -2.73. The van der Waals surface area contributed by atoms with Gasteiger partial charge in [0.25, 0.3) is 0 Å². The average Bonchev–Trinajstić information content (AvgIpc) is 2.82. The molecule has 0 N–H and O–H groups in total. The van der Waals surface area contributed by atoms with Gasteiger partial charge in [-0.25, -0.2) is 0 Å². The summed E-state index contributed by atoms with van der Waals surface area (Å²) >= 11 is 0. The molecule has 160 valence electrons. The van der Waals surface area contributed by atoms with E-state index in [0.717, 1.165) is 82.1 Å². The van der Waals surface area contributed by atoms with Crippen molar-refractivity contribution in [2.24, 2.45) is 0 Å². The van der Waals surface area contributed by atoms with Crippen molar-refractivity contribution in [3.05, 3.63) is 47.5 Å². The number of methoxy groups -OCH3 is 2. The molecule has 30 heavy (non-hydrogen) atoms. The van der Waals surface area contributed by atoms with E-state index in [2.05, 4.69) is 28.0 Å². The van der Waals surface area contributed by atoms with Gasteiger partial charge in [-0.1, -0.05) is 18.2 Å². The van der Waals surface area contributed by atoms with E-state index >= 15 is 0 Å². The molecule has 0 aromatic heterocycles. The Labute approximate surface area is 179 Å². The van der Waals surface area contributed by atoms with Crippen LogP contribution in [-0.4, -0.2) is 64.8 Å². The van der Waals surface area contributed by atoms with E-state index in [0.29, 0.717) is 0 Å². The van der Waals surface area contributed by atoms with Gasteiger partial charge in [0.2, 0.25) is 6.41 Å². The number of anilines is 2. The fraction of sp³-hybridized carbons (Fsp3) is 0.458. The molecule has 0 bridgehead atoms. The lowest BCUT2D eigenvalue weighted by molar-refractivity contribution is -0.107. The predicted octanol–water partition coefficient (Wildman–Crippen LogP) is 2.98. The molecule has 0 atom stereocenters. The highest BCUT2D eigenvalue weighted by Gasteiger charge is 2.24. The highest BCUT2D eigenvalue weighted by molar-refractivity contribution is 5.82. The largest absolute Gasteiger partial charge is 0.495 e. The van der Waals surface area contributed by atoms with Gasteiger partial charge < -0.3 is 19.3 Å². The lowest BCUT2D eigenvalue weighted by Crippen LogP contribution is -2.47. The third kappa shape index (κ3) is 4.10. The van der Waals surface area contributed by atoms with E-state index in [9.17, 15) is 4.79 Å². The Morgan fingerprint density at radius 3 is 2.43 bits per heavy atom. The summed E-state index contributed by atoms with van der Waals surface area (Å²) in [6.45, 7) is 5.87. The summed E-state index contributed by atoms with van der Waals surface area (Å²) < 4.78 is 11.1. The number of hydrogen-bond acceptors (Lipinski definition) is 5. The van der Waals surface area contributed by atoms with Crippen LogP contribution in [0, 0.1) is 0 Å². The van der Waals surface area contributed by atoms with Crippen molar-refractivity contribution in [3.8, 4) is 11.5 Å². The summed E-state index contributed by atoms with van der Waals surface area (Å²) in [5, 5.41) is 0. The number of amides is 1. The Morgan fingerprint density at radius 2 is 1.70 bits per heavy atom. The van der Waals surface area contributed by atoms with Crippen LogP contribution in [0.5, 0.6) is 11.5 Å². The maximum Gasteiger partial charge on any atom is 0.214 e. The van der Waals surface area contributed by atoms with Gasteiger partial charge in [0.1, 0.15) is 11.5 Å². The molecule has 6 heteroatoms. The molecule has 0 spiro atoms. The fourth-order valence-corrected chi connectivity index (χ4v) is 4.67. The van der Waals surface area contributed by atoms with E-state index in [4.69, 9.17) is 9.47 Å². The van der Waals surface area contributed by atoms with E-state index in [-0.39, 0.29) is 0 Å². The number of piperazine rings is 1. The molecule has 2 aliphatic rings. The van der Waals surface area contributed by atoms with E-state index in [1.54, 1.807) is 19.1 Å². The first-order valence-electron chi connectivity index (χ1n) is 10.8. The number of ether oxygens (including phenoxy) is 2. The van der Waals surface area contributed by atoms with E-state index < -0.39 is 0 Å². The van der Waals surface area contributed by atoms with Crippen LogP contribution in [0.2, 0.25) is 0 Å². The maximum atomic E-state index is 11.5. The number of fused-ring (bicyclic) bond motifs is 1. The van der Waals surface area contributed by atoms with Crippen molar-refractivity contribution >= 4 is 17.8 Å². The Bertz CT molecular complexity index is 878. The highest BCUT2D eigenvalue weighted by Crippen LogP contribution is 2.38. The minimum atomic E-state index is 0.765. The molecule has 1 amide bonds. The van der Waals surface area contributed by atoms with E-state index in [1.807, 2.05) is 18.2 Å². The molecule has 6 nitrogen and oxygen atoms in total. The lowest BCUT2D eigenvalue weighted by atomic mass is 9.94. The minimum Gasteiger partial charge on any atom is -0.495 e. The molecule has 0 aliphatic carbocycles. The number of benzene rings is 2. The van der Waals surface area contributed by atoms with Gasteiger partial charge in [0, 0.05) is 39.3 Å². The summed E-state index contributed by atoms with van der Waals surface area (Å²) in [7, 11) is 3.41. The molecule has 2 aromatic carbocycles. The van der Waals surface area contributed by atoms with Crippen molar-refractivity contribution in [1.82, 2.24) is 4.90 Å².